The fraction of sp³-hybridized carbons (Fsp3) is 0.278. The van der Waals surface area contributed by atoms with Crippen molar-refractivity contribution in [2.24, 2.45) is 0 Å². The zero-order valence-corrected chi connectivity index (χ0v) is 27.6. The molecular weight excluding hydrogens is 587 g/mol. The monoisotopic (exact) mass is 627 g/mol. The zero-order chi connectivity index (χ0) is 31.4. The maximum absolute atomic E-state index is 14.1. The molecule has 4 aromatic carbocycles. The third kappa shape index (κ3) is 6.45. The van der Waals surface area contributed by atoms with Crippen LogP contribution in [0.3, 0.4) is 0 Å². The van der Waals surface area contributed by atoms with Crippen molar-refractivity contribution < 1.29 is 22.7 Å². The molecule has 0 saturated heterocycles. The minimum atomic E-state index is -4.00. The molecule has 0 aromatic heterocycles. The van der Waals surface area contributed by atoms with Gasteiger partial charge < -0.3 is 14.3 Å². The van der Waals surface area contributed by atoms with Crippen LogP contribution in [0.5, 0.6) is 5.75 Å². The predicted octanol–water partition coefficient (Wildman–Crippen LogP) is 5.52. The van der Waals surface area contributed by atoms with Crippen LogP contribution in [0, 0.1) is 0 Å². The van der Waals surface area contributed by atoms with Crippen molar-refractivity contribution >= 4 is 28.7 Å². The predicted molar refractivity (Wildman–Crippen MR) is 178 cm³/mol. The van der Waals surface area contributed by atoms with Gasteiger partial charge in [-0.3, -0.25) is 0 Å². The van der Waals surface area contributed by atoms with Crippen LogP contribution in [-0.4, -0.2) is 50.9 Å². The summed E-state index contributed by atoms with van der Waals surface area (Å²) >= 11 is 0. The van der Waals surface area contributed by atoms with Crippen molar-refractivity contribution in [1.82, 2.24) is 4.31 Å². The first-order valence-electron chi connectivity index (χ1n) is 14.9. The third-order valence-electron chi connectivity index (χ3n) is 8.32. The van der Waals surface area contributed by atoms with Crippen molar-refractivity contribution in [1.29, 1.82) is 0 Å². The van der Waals surface area contributed by atoms with E-state index >= 15 is 0 Å². The average molecular weight is 628 g/mol. The van der Waals surface area contributed by atoms with E-state index in [0.29, 0.717) is 12.4 Å². The number of nitrogens with zero attached hydrogens (tertiary/aromatic N) is 1. The van der Waals surface area contributed by atoms with E-state index in [9.17, 15) is 13.5 Å². The number of ether oxygens (including phenoxy) is 1. The molecule has 6 nitrogen and oxygen atoms in total. The topological polar surface area (TPSA) is 76.1 Å². The molecule has 2 atom stereocenters. The number of sulfonamides is 1. The molecule has 4 aromatic rings. The Kier molecular flexibility index (Phi) is 9.30. The van der Waals surface area contributed by atoms with Gasteiger partial charge in [-0.15, -0.1) is 0 Å². The molecule has 1 N–H and O–H groups in total. The molecule has 0 aliphatic carbocycles. The van der Waals surface area contributed by atoms with Crippen LogP contribution in [0.15, 0.2) is 132 Å². The first kappa shape index (κ1) is 31.9. The normalized spacial score (nSPS) is 19.5. The molecule has 5 rings (SSSR count). The van der Waals surface area contributed by atoms with Gasteiger partial charge in [-0.1, -0.05) is 124 Å². The third-order valence-corrected chi connectivity index (χ3v) is 15.2. The van der Waals surface area contributed by atoms with E-state index < -0.39 is 30.0 Å². The molecular formula is C36H41NO5SSi. The largest absolute Gasteiger partial charge is 0.489 e. The van der Waals surface area contributed by atoms with E-state index in [-0.39, 0.29) is 23.1 Å². The van der Waals surface area contributed by atoms with Gasteiger partial charge in [0.15, 0.2) is 0 Å². The van der Waals surface area contributed by atoms with Gasteiger partial charge in [0.2, 0.25) is 10.0 Å². The number of hydrogen-bond acceptors (Lipinski definition) is 5. The van der Waals surface area contributed by atoms with Crippen LogP contribution in [0.25, 0.3) is 0 Å². The summed E-state index contributed by atoms with van der Waals surface area (Å²) in [6.07, 6.45) is 3.38. The van der Waals surface area contributed by atoms with Gasteiger partial charge in [0.25, 0.3) is 8.32 Å². The highest BCUT2D eigenvalue weighted by atomic mass is 32.2. The molecule has 2 unspecified atom stereocenters. The molecule has 0 bridgehead atoms. The number of benzene rings is 4. The number of hydrogen-bond donors (Lipinski definition) is 1. The average Bonchev–Trinajstić information content (AvgIpc) is 3.02. The van der Waals surface area contributed by atoms with Crippen molar-refractivity contribution in [2.45, 2.75) is 55.9 Å². The van der Waals surface area contributed by atoms with Crippen LogP contribution in [0.1, 0.15) is 33.3 Å². The Labute approximate surface area is 262 Å². The standard InChI is InChI=1S/C36H41NO5SSi/c1-35(2,3)44(32-17-10-6-11-18-32,33-19-12-7-13-20-33)42-28-34-36(4,38)25-14-26-37(34)43(39,40)31-23-21-30(22-24-31)41-27-29-15-8-5-9-16-29/h5-25,34,38H,26-28H2,1-4H3. The van der Waals surface area contributed by atoms with Crippen LogP contribution in [0.2, 0.25) is 5.04 Å². The maximum atomic E-state index is 14.1. The van der Waals surface area contributed by atoms with Gasteiger partial charge in [0.05, 0.1) is 23.1 Å². The van der Waals surface area contributed by atoms with E-state index in [4.69, 9.17) is 9.16 Å². The van der Waals surface area contributed by atoms with Crippen molar-refractivity contribution in [3.63, 3.8) is 0 Å². The minimum absolute atomic E-state index is 0.0160. The highest BCUT2D eigenvalue weighted by Crippen LogP contribution is 2.38. The smallest absolute Gasteiger partial charge is 0.261 e. The minimum Gasteiger partial charge on any atom is -0.489 e. The molecule has 8 heteroatoms. The van der Waals surface area contributed by atoms with Gasteiger partial charge in [0.1, 0.15) is 12.4 Å². The van der Waals surface area contributed by atoms with Gasteiger partial charge >= 0.3 is 0 Å². The SMILES string of the molecule is CC1(O)C=CCN(S(=O)(=O)c2ccc(OCc3ccccc3)cc2)C1CO[Si](c1ccccc1)(c1ccccc1)C(C)(C)C. The summed E-state index contributed by atoms with van der Waals surface area (Å²) in [5.41, 5.74) is -0.426. The van der Waals surface area contributed by atoms with Gasteiger partial charge in [0, 0.05) is 6.54 Å². The Morgan fingerprint density at radius 1 is 0.841 bits per heavy atom. The molecule has 1 heterocycles. The molecule has 0 amide bonds. The molecule has 0 radical (unpaired) electrons. The second-order valence-corrected chi connectivity index (χ2v) is 18.6. The molecule has 1 aliphatic rings. The lowest BCUT2D eigenvalue weighted by molar-refractivity contribution is 0.00651. The zero-order valence-electron chi connectivity index (χ0n) is 25.8. The summed E-state index contributed by atoms with van der Waals surface area (Å²) < 4.78 is 42.6. The number of aliphatic hydroxyl groups is 1. The second kappa shape index (κ2) is 12.8. The highest BCUT2D eigenvalue weighted by Gasteiger charge is 2.52. The van der Waals surface area contributed by atoms with Crippen LogP contribution < -0.4 is 15.1 Å². The fourth-order valence-corrected chi connectivity index (χ4v) is 12.2. The Morgan fingerprint density at radius 3 is 1.89 bits per heavy atom. The maximum Gasteiger partial charge on any atom is 0.261 e. The Bertz CT molecular complexity index is 1610. The highest BCUT2D eigenvalue weighted by molar-refractivity contribution is 7.89. The summed E-state index contributed by atoms with van der Waals surface area (Å²) in [7, 11) is -6.98. The van der Waals surface area contributed by atoms with E-state index in [0.717, 1.165) is 15.9 Å². The summed E-state index contributed by atoms with van der Waals surface area (Å²) in [5, 5.41) is 13.5. The molecule has 0 saturated carbocycles. The quantitative estimate of drug-likeness (QED) is 0.185. The molecule has 230 valence electrons. The Balaban J connectivity index is 1.46. The van der Waals surface area contributed by atoms with Crippen molar-refractivity contribution in [3.8, 4) is 5.75 Å². The van der Waals surface area contributed by atoms with Crippen LogP contribution >= 0.6 is 0 Å². The van der Waals surface area contributed by atoms with E-state index in [2.05, 4.69) is 45.0 Å². The van der Waals surface area contributed by atoms with Gasteiger partial charge in [-0.2, -0.15) is 4.31 Å². The lowest BCUT2D eigenvalue weighted by Crippen LogP contribution is -2.68. The lowest BCUT2D eigenvalue weighted by atomic mass is 9.94. The first-order valence-corrected chi connectivity index (χ1v) is 18.2. The summed E-state index contributed by atoms with van der Waals surface area (Å²) in [6, 6.07) is 35.8. The summed E-state index contributed by atoms with van der Waals surface area (Å²) in [5.74, 6) is 0.574. The molecule has 1 aliphatic heterocycles. The van der Waals surface area contributed by atoms with E-state index in [1.54, 1.807) is 43.3 Å². The van der Waals surface area contributed by atoms with Crippen LogP contribution in [-0.2, 0) is 21.1 Å². The second-order valence-electron chi connectivity index (χ2n) is 12.4. The summed E-state index contributed by atoms with van der Waals surface area (Å²) in [6.45, 7) is 8.69. The first-order chi connectivity index (χ1) is 20.9. The molecule has 0 fully saturated rings. The Morgan fingerprint density at radius 2 is 1.36 bits per heavy atom. The fourth-order valence-electron chi connectivity index (χ4n) is 5.99. The van der Waals surface area contributed by atoms with Crippen molar-refractivity contribution in [2.75, 3.05) is 13.2 Å². The summed E-state index contributed by atoms with van der Waals surface area (Å²) in [4.78, 5) is 0.131. The van der Waals surface area contributed by atoms with E-state index in [1.165, 1.54) is 4.31 Å². The number of rotatable bonds is 10. The van der Waals surface area contributed by atoms with Crippen LogP contribution in [0.4, 0.5) is 0 Å². The van der Waals surface area contributed by atoms with Gasteiger partial charge in [-0.25, -0.2) is 8.42 Å². The molecule has 44 heavy (non-hydrogen) atoms. The lowest BCUT2D eigenvalue weighted by Gasteiger charge is -2.47. The Hall–Kier alpha value is -3.53. The van der Waals surface area contributed by atoms with Crippen molar-refractivity contribution in [3.05, 3.63) is 133 Å². The van der Waals surface area contributed by atoms with Gasteiger partial charge in [-0.05, 0) is 52.2 Å². The molecule has 0 spiro atoms. The van der Waals surface area contributed by atoms with E-state index in [1.807, 2.05) is 66.7 Å².